The highest BCUT2D eigenvalue weighted by atomic mass is 16.1. The van der Waals surface area contributed by atoms with Gasteiger partial charge in [-0.2, -0.15) is 0 Å². The fraction of sp³-hybridized carbons (Fsp3) is 0. The van der Waals surface area contributed by atoms with Crippen molar-refractivity contribution in [3.63, 3.8) is 0 Å². The van der Waals surface area contributed by atoms with Crippen LogP contribution in [0, 0.1) is 0 Å². The minimum atomic E-state index is 0.672. The van der Waals surface area contributed by atoms with Crippen LogP contribution in [0.2, 0.25) is 0 Å². The maximum Gasteiger partial charge on any atom is 0.150 e. The molecule has 0 bridgehead atoms. The van der Waals surface area contributed by atoms with Gasteiger partial charge in [-0.15, -0.1) is 0 Å². The van der Waals surface area contributed by atoms with Crippen molar-refractivity contribution in [2.45, 2.75) is 0 Å². The van der Waals surface area contributed by atoms with Gasteiger partial charge in [0.25, 0.3) is 0 Å². The number of carbonyl (C=O) groups excluding carboxylic acids is 2. The van der Waals surface area contributed by atoms with Gasteiger partial charge in [-0.25, -0.2) is 0 Å². The Morgan fingerprint density at radius 2 is 0.967 bits per heavy atom. The van der Waals surface area contributed by atoms with Gasteiger partial charge in [-0.1, -0.05) is 97.1 Å². The second-order valence-electron chi connectivity index (χ2n) is 7.07. The van der Waals surface area contributed by atoms with E-state index in [4.69, 9.17) is 0 Å². The number of carbonyl (C=O) groups is 2. The highest BCUT2D eigenvalue weighted by Crippen LogP contribution is 2.24. The summed E-state index contributed by atoms with van der Waals surface area (Å²) in [7, 11) is 0. The van der Waals surface area contributed by atoms with Gasteiger partial charge in [0, 0.05) is 11.1 Å². The molecule has 0 unspecified atom stereocenters. The molecular weight excluding hydrogens is 368 g/mol. The third kappa shape index (κ3) is 4.50. The second kappa shape index (κ2) is 8.97. The normalized spacial score (nSPS) is 11.3. The van der Waals surface area contributed by atoms with Gasteiger partial charge < -0.3 is 0 Å². The lowest BCUT2D eigenvalue weighted by Gasteiger charge is -2.06. The van der Waals surface area contributed by atoms with Crippen molar-refractivity contribution < 1.29 is 9.59 Å². The lowest BCUT2D eigenvalue weighted by atomic mass is 9.99. The quantitative estimate of drug-likeness (QED) is 0.269. The molecule has 0 radical (unpaired) electrons. The molecule has 4 rings (SSSR count). The molecule has 2 heteroatoms. The zero-order valence-corrected chi connectivity index (χ0v) is 16.4. The summed E-state index contributed by atoms with van der Waals surface area (Å²) >= 11 is 0. The molecule has 0 atom stereocenters. The summed E-state index contributed by atoms with van der Waals surface area (Å²) < 4.78 is 0. The Balaban J connectivity index is 1.67. The van der Waals surface area contributed by atoms with E-state index in [9.17, 15) is 9.59 Å². The molecule has 0 heterocycles. The molecule has 0 aromatic heterocycles. The minimum Gasteiger partial charge on any atom is -0.298 e. The molecule has 144 valence electrons. The summed E-state index contributed by atoms with van der Waals surface area (Å²) in [4.78, 5) is 21.7. The van der Waals surface area contributed by atoms with Gasteiger partial charge in [0.2, 0.25) is 0 Å². The maximum atomic E-state index is 10.8. The van der Waals surface area contributed by atoms with Gasteiger partial charge in [-0.3, -0.25) is 9.59 Å². The van der Waals surface area contributed by atoms with Crippen molar-refractivity contribution in [3.8, 4) is 0 Å². The molecule has 4 aromatic carbocycles. The van der Waals surface area contributed by atoms with E-state index in [-0.39, 0.29) is 0 Å². The Hall–Kier alpha value is -4.04. The number of rotatable bonds is 6. The van der Waals surface area contributed by atoms with E-state index >= 15 is 0 Å². The number of aldehydes is 2. The number of hydrogen-bond donors (Lipinski definition) is 0. The van der Waals surface area contributed by atoms with Crippen molar-refractivity contribution in [2.24, 2.45) is 0 Å². The molecule has 0 aliphatic rings. The van der Waals surface area contributed by atoms with Crippen LogP contribution in [0.25, 0.3) is 35.1 Å². The monoisotopic (exact) mass is 388 g/mol. The molecule has 0 aliphatic heterocycles. The van der Waals surface area contributed by atoms with Gasteiger partial charge in [0.1, 0.15) is 12.6 Å². The van der Waals surface area contributed by atoms with Gasteiger partial charge >= 0.3 is 0 Å². The Morgan fingerprint density at radius 3 is 1.57 bits per heavy atom. The standard InChI is InChI=1S/C28H20O2/c29-19-23-10-5-21(6-11-23)9-14-25-17-26-3-1-2-4-28(26)27(18-25)16-15-22-7-12-24(20-30)13-8-22/h1-20H/b14-9+,16-15+. The van der Waals surface area contributed by atoms with E-state index < -0.39 is 0 Å². The van der Waals surface area contributed by atoms with Crippen LogP contribution in [0.4, 0.5) is 0 Å². The van der Waals surface area contributed by atoms with Crippen LogP contribution in [-0.2, 0) is 0 Å². The summed E-state index contributed by atoms with van der Waals surface area (Å²) in [6.07, 6.45) is 9.99. The lowest BCUT2D eigenvalue weighted by molar-refractivity contribution is 0.111. The van der Waals surface area contributed by atoms with Crippen LogP contribution in [0.15, 0.2) is 84.9 Å². The summed E-state index contributed by atoms with van der Waals surface area (Å²) in [5, 5.41) is 2.36. The van der Waals surface area contributed by atoms with E-state index in [1.165, 1.54) is 10.8 Å². The van der Waals surface area contributed by atoms with Crippen molar-refractivity contribution in [1.82, 2.24) is 0 Å². The van der Waals surface area contributed by atoms with Crippen LogP contribution in [0.5, 0.6) is 0 Å². The predicted molar refractivity (Wildman–Crippen MR) is 125 cm³/mol. The second-order valence-corrected chi connectivity index (χ2v) is 7.07. The van der Waals surface area contributed by atoms with Crippen LogP contribution >= 0.6 is 0 Å². The predicted octanol–water partition coefficient (Wildman–Crippen LogP) is 6.81. The first-order chi connectivity index (χ1) is 14.7. The third-order valence-electron chi connectivity index (χ3n) is 4.98. The first-order valence-corrected chi connectivity index (χ1v) is 9.74. The van der Waals surface area contributed by atoms with E-state index in [0.29, 0.717) is 11.1 Å². The number of benzene rings is 4. The summed E-state index contributed by atoms with van der Waals surface area (Å²) in [5.41, 5.74) is 5.66. The molecule has 2 nitrogen and oxygen atoms in total. The molecule has 30 heavy (non-hydrogen) atoms. The van der Waals surface area contributed by atoms with Crippen LogP contribution in [0.3, 0.4) is 0 Å². The highest BCUT2D eigenvalue weighted by molar-refractivity contribution is 5.95. The van der Waals surface area contributed by atoms with E-state index in [1.54, 1.807) is 0 Å². The number of hydrogen-bond acceptors (Lipinski definition) is 2. The van der Waals surface area contributed by atoms with Gasteiger partial charge in [0.05, 0.1) is 0 Å². The lowest BCUT2D eigenvalue weighted by Crippen LogP contribution is -1.83. The van der Waals surface area contributed by atoms with Crippen LogP contribution in [0.1, 0.15) is 43.0 Å². The van der Waals surface area contributed by atoms with E-state index in [1.807, 2.05) is 66.7 Å². The van der Waals surface area contributed by atoms with Crippen LogP contribution in [-0.4, -0.2) is 12.6 Å². The van der Waals surface area contributed by atoms with Crippen molar-refractivity contribution in [3.05, 3.63) is 118 Å². The summed E-state index contributed by atoms with van der Waals surface area (Å²) in [6, 6.07) is 27.7. The van der Waals surface area contributed by atoms with Crippen molar-refractivity contribution >= 4 is 47.6 Å². The molecule has 0 spiro atoms. The first kappa shape index (κ1) is 19.3. The third-order valence-corrected chi connectivity index (χ3v) is 4.98. The smallest absolute Gasteiger partial charge is 0.150 e. The van der Waals surface area contributed by atoms with E-state index in [0.717, 1.165) is 34.8 Å². The fourth-order valence-electron chi connectivity index (χ4n) is 3.35. The highest BCUT2D eigenvalue weighted by Gasteiger charge is 2.01. The topological polar surface area (TPSA) is 34.1 Å². The molecule has 0 aliphatic carbocycles. The fourth-order valence-corrected chi connectivity index (χ4v) is 3.35. The van der Waals surface area contributed by atoms with E-state index in [2.05, 4.69) is 42.5 Å². The van der Waals surface area contributed by atoms with Crippen molar-refractivity contribution in [2.75, 3.05) is 0 Å². The largest absolute Gasteiger partial charge is 0.298 e. The van der Waals surface area contributed by atoms with Crippen molar-refractivity contribution in [1.29, 1.82) is 0 Å². The zero-order chi connectivity index (χ0) is 20.8. The Bertz CT molecular complexity index is 1240. The minimum absolute atomic E-state index is 0.672. The molecule has 4 aromatic rings. The Kier molecular flexibility index (Phi) is 5.77. The first-order valence-electron chi connectivity index (χ1n) is 9.74. The Labute approximate surface area is 175 Å². The summed E-state index contributed by atoms with van der Waals surface area (Å²) in [5.74, 6) is 0. The molecule has 0 amide bonds. The average molecular weight is 388 g/mol. The molecular formula is C28H20O2. The van der Waals surface area contributed by atoms with Gasteiger partial charge in [-0.05, 0) is 45.2 Å². The van der Waals surface area contributed by atoms with Crippen LogP contribution < -0.4 is 0 Å². The average Bonchev–Trinajstić information content (AvgIpc) is 2.81. The molecule has 0 N–H and O–H groups in total. The zero-order valence-electron chi connectivity index (χ0n) is 16.4. The SMILES string of the molecule is O=Cc1ccc(/C=C/c2cc(/C=C/c3ccc(C=O)cc3)c3ccccc3c2)cc1. The maximum absolute atomic E-state index is 10.8. The number of fused-ring (bicyclic) bond motifs is 1. The Morgan fingerprint density at radius 1 is 0.467 bits per heavy atom. The summed E-state index contributed by atoms with van der Waals surface area (Å²) in [6.45, 7) is 0. The molecule has 0 saturated carbocycles. The molecule has 0 saturated heterocycles. The molecule has 0 fully saturated rings. The van der Waals surface area contributed by atoms with Gasteiger partial charge in [0.15, 0.2) is 0 Å².